The summed E-state index contributed by atoms with van der Waals surface area (Å²) < 4.78 is 6.21. The van der Waals surface area contributed by atoms with Crippen LogP contribution >= 0.6 is 39.0 Å². The molecule has 0 unspecified atom stereocenters. The molecule has 0 aliphatic carbocycles. The van der Waals surface area contributed by atoms with Crippen molar-refractivity contribution in [2.75, 3.05) is 19.4 Å². The minimum absolute atomic E-state index is 0.0246. The summed E-state index contributed by atoms with van der Waals surface area (Å²) in [4.78, 5) is 13.3. The number of thiophene rings is 1. The molecule has 22 heavy (non-hydrogen) atoms. The third-order valence-electron chi connectivity index (χ3n) is 2.93. The van der Waals surface area contributed by atoms with Gasteiger partial charge in [0.15, 0.2) is 0 Å². The van der Waals surface area contributed by atoms with E-state index in [9.17, 15) is 4.79 Å². The van der Waals surface area contributed by atoms with Gasteiger partial charge in [-0.3, -0.25) is 4.79 Å². The molecule has 1 amide bonds. The van der Waals surface area contributed by atoms with Gasteiger partial charge in [0, 0.05) is 35.6 Å². The molecule has 1 aromatic heterocycles. The van der Waals surface area contributed by atoms with E-state index in [4.69, 9.17) is 4.74 Å². The number of methoxy groups -OCH3 is 1. The van der Waals surface area contributed by atoms with Crippen molar-refractivity contribution < 1.29 is 9.53 Å². The number of hydrogen-bond acceptors (Lipinski definition) is 4. The minimum Gasteiger partial charge on any atom is -0.380 e. The van der Waals surface area contributed by atoms with Crippen LogP contribution in [0.5, 0.6) is 0 Å². The first-order valence-electron chi connectivity index (χ1n) is 6.87. The van der Waals surface area contributed by atoms with E-state index in [1.165, 1.54) is 4.88 Å². The molecule has 0 saturated carbocycles. The predicted octanol–water partition coefficient (Wildman–Crippen LogP) is 4.32. The van der Waals surface area contributed by atoms with E-state index in [1.54, 1.807) is 18.4 Å². The first kappa shape index (κ1) is 17.5. The van der Waals surface area contributed by atoms with Crippen molar-refractivity contribution in [3.05, 3.63) is 56.2 Å². The summed E-state index contributed by atoms with van der Waals surface area (Å²) in [5.41, 5.74) is 1.75. The Balaban J connectivity index is 1.66. The lowest BCUT2D eigenvalue weighted by Crippen LogP contribution is -2.25. The third-order valence-corrected chi connectivity index (χ3v) is 5.75. The van der Waals surface area contributed by atoms with Gasteiger partial charge in [-0.15, -0.1) is 11.3 Å². The van der Waals surface area contributed by atoms with Gasteiger partial charge in [-0.25, -0.2) is 0 Å². The van der Waals surface area contributed by atoms with E-state index < -0.39 is 0 Å². The van der Waals surface area contributed by atoms with Gasteiger partial charge < -0.3 is 10.1 Å². The van der Waals surface area contributed by atoms with E-state index >= 15 is 0 Å². The highest BCUT2D eigenvalue weighted by Gasteiger charge is 2.05. The number of thioether (sulfide) groups is 1. The molecule has 0 bridgehead atoms. The quantitative estimate of drug-likeness (QED) is 0.671. The Hall–Kier alpha value is -0.820. The van der Waals surface area contributed by atoms with Gasteiger partial charge in [0.05, 0.1) is 10.4 Å². The molecule has 2 rings (SSSR count). The molecule has 1 N–H and O–H groups in total. The van der Waals surface area contributed by atoms with E-state index in [2.05, 4.69) is 33.4 Å². The van der Waals surface area contributed by atoms with Crippen LogP contribution in [-0.4, -0.2) is 25.3 Å². The molecular formula is C16H18BrNO2S2. The second kappa shape index (κ2) is 9.35. The van der Waals surface area contributed by atoms with Gasteiger partial charge in [-0.1, -0.05) is 12.1 Å². The smallest absolute Gasteiger partial charge is 0.251 e. The zero-order chi connectivity index (χ0) is 15.8. The molecule has 2 aromatic rings. The van der Waals surface area contributed by atoms with Gasteiger partial charge in [-0.05, 0) is 45.8 Å². The molecule has 6 heteroatoms. The van der Waals surface area contributed by atoms with Crippen LogP contribution in [0.3, 0.4) is 0 Å². The van der Waals surface area contributed by atoms with Gasteiger partial charge >= 0.3 is 0 Å². The Morgan fingerprint density at radius 2 is 2.05 bits per heavy atom. The molecule has 0 atom stereocenters. The van der Waals surface area contributed by atoms with Crippen molar-refractivity contribution in [2.45, 2.75) is 12.4 Å². The molecule has 0 aliphatic rings. The summed E-state index contributed by atoms with van der Waals surface area (Å²) in [5.74, 6) is 1.87. The number of ether oxygens (including phenoxy) is 1. The lowest BCUT2D eigenvalue weighted by Gasteiger charge is -2.06. The molecular weight excluding hydrogens is 382 g/mol. The zero-order valence-corrected chi connectivity index (χ0v) is 15.5. The SMILES string of the molecule is COCc1ccc(C(=O)NCCSCc2ccc(Br)s2)cc1. The highest BCUT2D eigenvalue weighted by molar-refractivity contribution is 9.11. The fourth-order valence-corrected chi connectivity index (χ4v) is 4.31. The highest BCUT2D eigenvalue weighted by Crippen LogP contribution is 2.25. The molecule has 1 aromatic carbocycles. The van der Waals surface area contributed by atoms with Crippen LogP contribution in [0, 0.1) is 0 Å². The van der Waals surface area contributed by atoms with Crippen molar-refractivity contribution in [3.63, 3.8) is 0 Å². The number of amides is 1. The molecule has 0 aliphatic heterocycles. The number of carbonyl (C=O) groups is 1. The number of benzene rings is 1. The van der Waals surface area contributed by atoms with Gasteiger partial charge in [-0.2, -0.15) is 11.8 Å². The maximum atomic E-state index is 12.0. The van der Waals surface area contributed by atoms with Crippen molar-refractivity contribution in [1.82, 2.24) is 5.32 Å². The molecule has 0 fully saturated rings. The number of rotatable bonds is 8. The van der Waals surface area contributed by atoms with E-state index in [0.29, 0.717) is 18.7 Å². The Bertz CT molecular complexity index is 598. The lowest BCUT2D eigenvalue weighted by atomic mass is 10.1. The van der Waals surface area contributed by atoms with Crippen LogP contribution in [0.2, 0.25) is 0 Å². The second-order valence-electron chi connectivity index (χ2n) is 4.64. The number of halogens is 1. The van der Waals surface area contributed by atoms with Crippen LogP contribution in [0.15, 0.2) is 40.2 Å². The average molecular weight is 400 g/mol. The fraction of sp³-hybridized carbons (Fsp3) is 0.312. The summed E-state index contributed by atoms with van der Waals surface area (Å²) in [7, 11) is 1.66. The minimum atomic E-state index is -0.0246. The monoisotopic (exact) mass is 399 g/mol. The van der Waals surface area contributed by atoms with Crippen molar-refractivity contribution in [1.29, 1.82) is 0 Å². The first-order chi connectivity index (χ1) is 10.7. The highest BCUT2D eigenvalue weighted by atomic mass is 79.9. The fourth-order valence-electron chi connectivity index (χ4n) is 1.86. The molecule has 0 spiro atoms. The topological polar surface area (TPSA) is 38.3 Å². The van der Waals surface area contributed by atoms with Gasteiger partial charge in [0.1, 0.15) is 0 Å². The Kier molecular flexibility index (Phi) is 7.45. The molecule has 1 heterocycles. The van der Waals surface area contributed by atoms with Crippen molar-refractivity contribution >= 4 is 44.9 Å². The summed E-state index contributed by atoms with van der Waals surface area (Å²) in [6.45, 7) is 1.24. The Morgan fingerprint density at radius 3 is 2.68 bits per heavy atom. The second-order valence-corrected chi connectivity index (χ2v) is 8.30. The zero-order valence-electron chi connectivity index (χ0n) is 12.3. The van der Waals surface area contributed by atoms with Crippen LogP contribution in [0.25, 0.3) is 0 Å². The first-order valence-corrected chi connectivity index (χ1v) is 9.63. The lowest BCUT2D eigenvalue weighted by molar-refractivity contribution is 0.0956. The summed E-state index contributed by atoms with van der Waals surface area (Å²) >= 11 is 7.04. The third kappa shape index (κ3) is 5.76. The number of nitrogens with one attached hydrogen (secondary N) is 1. The molecule has 3 nitrogen and oxygen atoms in total. The van der Waals surface area contributed by atoms with Crippen LogP contribution in [-0.2, 0) is 17.1 Å². The maximum Gasteiger partial charge on any atom is 0.251 e. The van der Waals surface area contributed by atoms with Gasteiger partial charge in [0.25, 0.3) is 5.91 Å². The maximum absolute atomic E-state index is 12.0. The van der Waals surface area contributed by atoms with Crippen LogP contribution < -0.4 is 5.32 Å². The number of hydrogen-bond donors (Lipinski definition) is 1. The Morgan fingerprint density at radius 1 is 1.27 bits per heavy atom. The van der Waals surface area contributed by atoms with E-state index in [1.807, 2.05) is 36.0 Å². The molecule has 118 valence electrons. The van der Waals surface area contributed by atoms with E-state index in [-0.39, 0.29) is 5.91 Å². The largest absolute Gasteiger partial charge is 0.380 e. The summed E-state index contributed by atoms with van der Waals surface area (Å²) in [6, 6.07) is 11.7. The summed E-state index contributed by atoms with van der Waals surface area (Å²) in [5, 5.41) is 2.95. The van der Waals surface area contributed by atoms with Crippen LogP contribution in [0.4, 0.5) is 0 Å². The van der Waals surface area contributed by atoms with Crippen molar-refractivity contribution in [3.8, 4) is 0 Å². The molecule has 0 radical (unpaired) electrons. The summed E-state index contributed by atoms with van der Waals surface area (Å²) in [6.07, 6.45) is 0. The predicted molar refractivity (Wildman–Crippen MR) is 97.7 cm³/mol. The Labute approximate surface area is 147 Å². The van der Waals surface area contributed by atoms with Gasteiger partial charge in [0.2, 0.25) is 0 Å². The number of carbonyl (C=O) groups excluding carboxylic acids is 1. The average Bonchev–Trinajstić information content (AvgIpc) is 2.93. The molecule has 0 saturated heterocycles. The van der Waals surface area contributed by atoms with Crippen LogP contribution in [0.1, 0.15) is 20.8 Å². The van der Waals surface area contributed by atoms with E-state index in [0.717, 1.165) is 20.9 Å². The van der Waals surface area contributed by atoms with Crippen molar-refractivity contribution in [2.24, 2.45) is 0 Å². The standard InChI is InChI=1S/C16H18BrNO2S2/c1-20-10-12-2-4-13(5-3-12)16(19)18-8-9-21-11-14-6-7-15(17)22-14/h2-7H,8-11H2,1H3,(H,18,19). The normalized spacial score (nSPS) is 10.6.